The van der Waals surface area contributed by atoms with Crippen molar-refractivity contribution >= 4 is 18.3 Å². The summed E-state index contributed by atoms with van der Waals surface area (Å²) in [5.74, 6) is 0.139. The van der Waals surface area contributed by atoms with Gasteiger partial charge in [-0.1, -0.05) is 24.3 Å². The Labute approximate surface area is 193 Å². The van der Waals surface area contributed by atoms with Crippen LogP contribution in [0.3, 0.4) is 0 Å². The fraction of sp³-hybridized carbons (Fsp3) is 0.400. The van der Waals surface area contributed by atoms with Crippen molar-refractivity contribution in [2.45, 2.75) is 13.0 Å². The van der Waals surface area contributed by atoms with Gasteiger partial charge in [0, 0.05) is 37.0 Å². The Morgan fingerprint density at radius 3 is 2.33 bits per heavy atom. The van der Waals surface area contributed by atoms with Crippen molar-refractivity contribution in [3.8, 4) is 0 Å². The van der Waals surface area contributed by atoms with E-state index in [2.05, 4.69) is 19.1 Å². The second-order valence-corrected chi connectivity index (χ2v) is 8.83. The van der Waals surface area contributed by atoms with Gasteiger partial charge >= 0.3 is 0 Å². The van der Waals surface area contributed by atoms with Gasteiger partial charge in [-0.15, -0.1) is 0 Å². The molecule has 176 valence electrons. The highest BCUT2D eigenvalue weighted by molar-refractivity contribution is 5.94. The number of aryl methyl sites for hydroxylation is 1. The molecule has 0 unspecified atom stereocenters. The van der Waals surface area contributed by atoms with Gasteiger partial charge in [-0.3, -0.25) is 14.4 Å². The zero-order valence-corrected chi connectivity index (χ0v) is 19.1. The number of carbonyl (C=O) groups is 3. The minimum Gasteiger partial charge on any atom is -0.483 e. The first-order chi connectivity index (χ1) is 15.8. The maximum absolute atomic E-state index is 13.4. The number of fused-ring (bicyclic) bond motifs is 1. The quantitative estimate of drug-likeness (QED) is 0.717. The minimum absolute atomic E-state index is 0.0798. The highest BCUT2D eigenvalue weighted by Crippen LogP contribution is 2.46. The third-order valence-corrected chi connectivity index (χ3v) is 6.33. The average Bonchev–Trinajstić information content (AvgIpc) is 3.33. The number of halogens is 1. The maximum Gasteiger partial charge on any atom is 0.290 e. The number of likely N-dealkylation sites (tertiary alicyclic amines) is 2. The van der Waals surface area contributed by atoms with Crippen LogP contribution in [0.2, 0.25) is 0 Å². The highest BCUT2D eigenvalue weighted by Gasteiger charge is 2.50. The first kappa shape index (κ1) is 24.4. The Balaban J connectivity index is 0.000000968. The Hall–Kier alpha value is -3.26. The standard InChI is InChI=1S/C24H28FN3O2.CH2O2/c1-16-6-4-5-7-20(16)23-21-14-27(22(29)15-26(2)3)12-18(21)13-28(23)24(30)17-8-10-19(25)11-9-17;2-1-3/h4-11,18,21,23H,12-15H2,1-3H3;1H,(H,2,3)/t18-,21-,23+;/m0./s1. The van der Waals surface area contributed by atoms with Gasteiger partial charge in [0.2, 0.25) is 5.91 Å². The molecule has 7 nitrogen and oxygen atoms in total. The molecule has 8 heteroatoms. The molecule has 4 rings (SSSR count). The monoisotopic (exact) mass is 455 g/mol. The Morgan fingerprint density at radius 2 is 1.73 bits per heavy atom. The van der Waals surface area contributed by atoms with Gasteiger partial charge < -0.3 is 19.8 Å². The summed E-state index contributed by atoms with van der Waals surface area (Å²) < 4.78 is 13.4. The summed E-state index contributed by atoms with van der Waals surface area (Å²) in [6, 6.07) is 13.8. The van der Waals surface area contributed by atoms with Crippen LogP contribution in [0.5, 0.6) is 0 Å². The zero-order chi connectivity index (χ0) is 24.1. The summed E-state index contributed by atoms with van der Waals surface area (Å²) in [7, 11) is 3.79. The molecular weight excluding hydrogens is 425 g/mol. The third-order valence-electron chi connectivity index (χ3n) is 6.33. The van der Waals surface area contributed by atoms with E-state index in [1.165, 1.54) is 12.1 Å². The molecule has 3 atom stereocenters. The van der Waals surface area contributed by atoms with Gasteiger partial charge in [0.1, 0.15) is 5.82 Å². The van der Waals surface area contributed by atoms with Crippen molar-refractivity contribution in [3.63, 3.8) is 0 Å². The molecule has 2 saturated heterocycles. The number of nitrogens with zero attached hydrogens (tertiary/aromatic N) is 3. The topological polar surface area (TPSA) is 81.2 Å². The van der Waals surface area contributed by atoms with Crippen LogP contribution < -0.4 is 0 Å². The summed E-state index contributed by atoms with van der Waals surface area (Å²) in [4.78, 5) is 40.1. The summed E-state index contributed by atoms with van der Waals surface area (Å²) in [5, 5.41) is 6.89. The van der Waals surface area contributed by atoms with Gasteiger partial charge in [-0.2, -0.15) is 0 Å². The van der Waals surface area contributed by atoms with Crippen molar-refractivity contribution in [2.75, 3.05) is 40.3 Å². The number of amides is 2. The first-order valence-electron chi connectivity index (χ1n) is 10.9. The Morgan fingerprint density at radius 1 is 1.09 bits per heavy atom. The summed E-state index contributed by atoms with van der Waals surface area (Å²) in [6.07, 6.45) is 0. The first-order valence-corrected chi connectivity index (χ1v) is 10.9. The molecule has 2 aromatic rings. The molecule has 0 saturated carbocycles. The summed E-state index contributed by atoms with van der Waals surface area (Å²) in [5.41, 5.74) is 2.76. The molecule has 0 aliphatic carbocycles. The van der Waals surface area contributed by atoms with Gasteiger partial charge in [0.05, 0.1) is 12.6 Å². The van der Waals surface area contributed by atoms with Crippen LogP contribution in [0.4, 0.5) is 4.39 Å². The lowest BCUT2D eigenvalue weighted by Gasteiger charge is -2.31. The molecule has 0 aromatic heterocycles. The second kappa shape index (κ2) is 10.6. The van der Waals surface area contributed by atoms with E-state index in [0.717, 1.165) is 11.1 Å². The van der Waals surface area contributed by atoms with Crippen LogP contribution in [0.1, 0.15) is 27.5 Å². The van der Waals surface area contributed by atoms with E-state index in [4.69, 9.17) is 9.90 Å². The van der Waals surface area contributed by atoms with Gasteiger partial charge in [0.25, 0.3) is 12.4 Å². The predicted octanol–water partition coefficient (Wildman–Crippen LogP) is 2.67. The SMILES string of the molecule is Cc1ccccc1[C@@H]1[C@H]2CN(C(=O)CN(C)C)C[C@H]2CN1C(=O)c1ccc(F)cc1.O=CO. The van der Waals surface area contributed by atoms with Crippen molar-refractivity contribution in [1.29, 1.82) is 0 Å². The number of likely N-dealkylation sites (N-methyl/N-ethyl adjacent to an activating group) is 1. The van der Waals surface area contributed by atoms with Crippen LogP contribution in [-0.4, -0.2) is 78.4 Å². The molecule has 2 aliphatic rings. The lowest BCUT2D eigenvalue weighted by molar-refractivity contribution is -0.131. The molecule has 2 aliphatic heterocycles. The molecule has 2 fully saturated rings. The maximum atomic E-state index is 13.4. The van der Waals surface area contributed by atoms with E-state index in [9.17, 15) is 14.0 Å². The Bertz CT molecular complexity index is 995. The van der Waals surface area contributed by atoms with Crippen LogP contribution in [-0.2, 0) is 9.59 Å². The molecular formula is C25H30FN3O4. The molecule has 0 radical (unpaired) electrons. The second-order valence-electron chi connectivity index (χ2n) is 8.83. The number of carbonyl (C=O) groups excluding carboxylic acids is 2. The highest BCUT2D eigenvalue weighted by atomic mass is 19.1. The lowest BCUT2D eigenvalue weighted by atomic mass is 9.87. The fourth-order valence-electron chi connectivity index (χ4n) is 4.90. The van der Waals surface area contributed by atoms with Crippen LogP contribution in [0, 0.1) is 24.6 Å². The van der Waals surface area contributed by atoms with Crippen LogP contribution >= 0.6 is 0 Å². The van der Waals surface area contributed by atoms with Gasteiger partial charge in [0.15, 0.2) is 0 Å². The average molecular weight is 456 g/mol. The van der Waals surface area contributed by atoms with Gasteiger partial charge in [-0.25, -0.2) is 4.39 Å². The van der Waals surface area contributed by atoms with Crippen molar-refractivity contribution in [2.24, 2.45) is 11.8 Å². The van der Waals surface area contributed by atoms with Crippen molar-refractivity contribution in [3.05, 3.63) is 71.0 Å². The number of rotatable bonds is 4. The molecule has 33 heavy (non-hydrogen) atoms. The fourth-order valence-corrected chi connectivity index (χ4v) is 4.90. The predicted molar refractivity (Wildman–Crippen MR) is 122 cm³/mol. The van der Waals surface area contributed by atoms with E-state index in [-0.39, 0.29) is 42.0 Å². The lowest BCUT2D eigenvalue weighted by Crippen LogP contribution is -2.40. The summed E-state index contributed by atoms with van der Waals surface area (Å²) in [6.45, 7) is 4.14. The normalized spacial score (nSPS) is 21.4. The number of hydrogen-bond acceptors (Lipinski definition) is 4. The van der Waals surface area contributed by atoms with E-state index < -0.39 is 0 Å². The largest absolute Gasteiger partial charge is 0.483 e. The van der Waals surface area contributed by atoms with Crippen LogP contribution in [0.25, 0.3) is 0 Å². The molecule has 0 bridgehead atoms. The third kappa shape index (κ3) is 5.39. The molecule has 1 N–H and O–H groups in total. The van der Waals surface area contributed by atoms with Crippen molar-refractivity contribution < 1.29 is 23.9 Å². The zero-order valence-electron chi connectivity index (χ0n) is 19.1. The van der Waals surface area contributed by atoms with E-state index in [1.807, 2.05) is 40.9 Å². The Kier molecular flexibility index (Phi) is 7.81. The number of benzene rings is 2. The minimum atomic E-state index is -0.352. The number of carboxylic acid groups (broad SMARTS) is 1. The molecule has 2 heterocycles. The molecule has 2 amide bonds. The van der Waals surface area contributed by atoms with E-state index in [0.29, 0.717) is 31.7 Å². The molecule has 2 aromatic carbocycles. The number of hydrogen-bond donors (Lipinski definition) is 1. The van der Waals surface area contributed by atoms with E-state index in [1.54, 1.807) is 12.1 Å². The smallest absolute Gasteiger partial charge is 0.290 e. The molecule has 0 spiro atoms. The summed E-state index contributed by atoms with van der Waals surface area (Å²) >= 11 is 0. The van der Waals surface area contributed by atoms with Gasteiger partial charge in [-0.05, 0) is 56.4 Å². The van der Waals surface area contributed by atoms with Crippen LogP contribution in [0.15, 0.2) is 48.5 Å². The van der Waals surface area contributed by atoms with E-state index >= 15 is 0 Å². The van der Waals surface area contributed by atoms with Crippen molar-refractivity contribution in [1.82, 2.24) is 14.7 Å².